The number of hydrogen-bond donors (Lipinski definition) is 1. The monoisotopic (exact) mass is 474 g/mol. The van der Waals surface area contributed by atoms with Crippen molar-refractivity contribution in [1.29, 1.82) is 0 Å². The van der Waals surface area contributed by atoms with Gasteiger partial charge in [-0.05, 0) is 37.6 Å². The summed E-state index contributed by atoms with van der Waals surface area (Å²) in [4.78, 5) is 6.32. The molecule has 1 saturated heterocycles. The fourth-order valence-electron chi connectivity index (χ4n) is 4.38. The highest BCUT2D eigenvalue weighted by molar-refractivity contribution is 5.89. The van der Waals surface area contributed by atoms with E-state index < -0.39 is 24.7 Å². The number of nitrogens with zero attached hydrogens (tertiary/aromatic N) is 7. The molecule has 0 aliphatic carbocycles. The minimum atomic E-state index is -1.08. The fraction of sp³-hybridized carbons (Fsp3) is 0.455. The van der Waals surface area contributed by atoms with E-state index in [9.17, 15) is 8.78 Å². The van der Waals surface area contributed by atoms with Crippen molar-refractivity contribution in [2.45, 2.75) is 31.6 Å². The topological polar surface area (TPSA) is 85.4 Å². The third-order valence-corrected chi connectivity index (χ3v) is 6.11. The summed E-state index contributed by atoms with van der Waals surface area (Å²) in [5, 5.41) is 15.6. The number of likely N-dealkylation sites (tertiary alicyclic amines) is 1. The fourth-order valence-corrected chi connectivity index (χ4v) is 4.38. The van der Waals surface area contributed by atoms with E-state index in [0.29, 0.717) is 48.0 Å². The third-order valence-electron chi connectivity index (χ3n) is 6.11. The van der Waals surface area contributed by atoms with Crippen LogP contribution in [0.5, 0.6) is 5.88 Å². The van der Waals surface area contributed by atoms with Crippen LogP contribution >= 0.6 is 0 Å². The van der Waals surface area contributed by atoms with Crippen LogP contribution in [-0.4, -0.2) is 80.6 Å². The zero-order valence-electron chi connectivity index (χ0n) is 18.9. The highest BCUT2D eigenvalue weighted by atomic mass is 19.1. The largest absolute Gasteiger partial charge is 0.479 e. The second-order valence-corrected chi connectivity index (χ2v) is 8.47. The number of halogens is 3. The van der Waals surface area contributed by atoms with E-state index in [4.69, 9.17) is 4.74 Å². The van der Waals surface area contributed by atoms with Gasteiger partial charge in [-0.25, -0.2) is 18.0 Å². The van der Waals surface area contributed by atoms with E-state index in [1.807, 2.05) is 11.9 Å². The SMILES string of the molecule is COc1nc(N[C@H]2CCN(C)C[C@H]2F)nn2cc(F)c(-c3ccc4nnn(CCCF)c4c3)c12. The number of rotatable bonds is 7. The van der Waals surface area contributed by atoms with Gasteiger partial charge in [-0.3, -0.25) is 4.39 Å². The Bertz CT molecular complexity index is 1320. The van der Waals surface area contributed by atoms with Gasteiger partial charge in [-0.15, -0.1) is 10.2 Å². The molecule has 180 valence electrons. The molecule has 9 nitrogen and oxygen atoms in total. The molecule has 34 heavy (non-hydrogen) atoms. The average Bonchev–Trinajstić information content (AvgIpc) is 3.38. The molecule has 2 atom stereocenters. The maximum atomic E-state index is 15.2. The smallest absolute Gasteiger partial charge is 0.244 e. The van der Waals surface area contributed by atoms with Gasteiger partial charge in [0.15, 0.2) is 5.82 Å². The number of nitrogens with one attached hydrogen (secondary N) is 1. The molecule has 0 spiro atoms. The van der Waals surface area contributed by atoms with Gasteiger partial charge in [-0.1, -0.05) is 11.3 Å². The Kier molecular flexibility index (Phi) is 5.98. The third kappa shape index (κ3) is 4.02. The number of hydrogen-bond acceptors (Lipinski definition) is 7. The van der Waals surface area contributed by atoms with Crippen molar-refractivity contribution in [3.05, 3.63) is 30.2 Å². The molecule has 4 heterocycles. The van der Waals surface area contributed by atoms with E-state index in [1.165, 1.54) is 17.8 Å². The van der Waals surface area contributed by atoms with Crippen molar-refractivity contribution in [1.82, 2.24) is 34.5 Å². The molecule has 1 aliphatic heterocycles. The molecule has 1 aromatic carbocycles. The van der Waals surface area contributed by atoms with Crippen molar-refractivity contribution in [3.63, 3.8) is 0 Å². The van der Waals surface area contributed by atoms with Crippen LogP contribution in [0.15, 0.2) is 24.4 Å². The van der Waals surface area contributed by atoms with E-state index in [-0.39, 0.29) is 17.4 Å². The summed E-state index contributed by atoms with van der Waals surface area (Å²) in [6, 6.07) is 4.77. The van der Waals surface area contributed by atoms with Gasteiger partial charge in [0.25, 0.3) is 0 Å². The van der Waals surface area contributed by atoms with Gasteiger partial charge in [0.2, 0.25) is 11.8 Å². The van der Waals surface area contributed by atoms with Crippen LogP contribution in [0.3, 0.4) is 0 Å². The molecule has 5 rings (SSSR count). The molecule has 12 heteroatoms. The first kappa shape index (κ1) is 22.4. The second-order valence-electron chi connectivity index (χ2n) is 8.47. The second kappa shape index (κ2) is 9.09. The molecule has 1 N–H and O–H groups in total. The lowest BCUT2D eigenvalue weighted by Gasteiger charge is -2.32. The van der Waals surface area contributed by atoms with Crippen molar-refractivity contribution in [2.24, 2.45) is 0 Å². The van der Waals surface area contributed by atoms with Crippen LogP contribution in [0.2, 0.25) is 0 Å². The van der Waals surface area contributed by atoms with Crippen molar-refractivity contribution in [2.75, 3.05) is 39.2 Å². The molecule has 4 aromatic rings. The average molecular weight is 474 g/mol. The van der Waals surface area contributed by atoms with Gasteiger partial charge >= 0.3 is 0 Å². The molecule has 1 aliphatic rings. The lowest BCUT2D eigenvalue weighted by atomic mass is 10.0. The van der Waals surface area contributed by atoms with Crippen molar-refractivity contribution < 1.29 is 17.9 Å². The predicted molar refractivity (Wildman–Crippen MR) is 121 cm³/mol. The normalized spacial score (nSPS) is 19.2. The number of fused-ring (bicyclic) bond motifs is 2. The number of aryl methyl sites for hydroxylation is 1. The standard InChI is InChI=1S/C22H25F3N8O/c1-31-9-6-16(14(24)11-31)26-22-27-21(34-2)20-19(15(25)12-33(20)29-22)13-4-5-17-18(10-13)32(30-28-17)8-3-7-23/h4-5,10,12,14,16H,3,6-9,11H2,1-2H3,(H,26,29)/t14-,16+/m1/s1. The van der Waals surface area contributed by atoms with E-state index in [0.717, 1.165) is 6.54 Å². The summed E-state index contributed by atoms with van der Waals surface area (Å²) in [5.41, 5.74) is 2.44. The van der Waals surface area contributed by atoms with Crippen molar-refractivity contribution in [3.8, 4) is 17.0 Å². The van der Waals surface area contributed by atoms with Crippen LogP contribution < -0.4 is 10.1 Å². The van der Waals surface area contributed by atoms with Gasteiger partial charge in [0.05, 0.1) is 37.1 Å². The summed E-state index contributed by atoms with van der Waals surface area (Å²) in [6.45, 7) is 0.965. The minimum absolute atomic E-state index is 0.156. The highest BCUT2D eigenvalue weighted by Gasteiger charge is 2.29. The molecular formula is C22H25F3N8O. The Hall–Kier alpha value is -3.41. The summed E-state index contributed by atoms with van der Waals surface area (Å²) in [7, 11) is 3.31. The highest BCUT2D eigenvalue weighted by Crippen LogP contribution is 2.35. The Morgan fingerprint density at radius 2 is 2.15 bits per heavy atom. The summed E-state index contributed by atoms with van der Waals surface area (Å²) in [5.74, 6) is -0.203. The van der Waals surface area contributed by atoms with Gasteiger partial charge < -0.3 is 15.0 Å². The Balaban J connectivity index is 1.54. The Labute approximate surface area is 193 Å². The van der Waals surface area contributed by atoms with Crippen LogP contribution in [0, 0.1) is 5.82 Å². The molecular weight excluding hydrogens is 449 g/mol. The van der Waals surface area contributed by atoms with Gasteiger partial charge in [0.1, 0.15) is 17.2 Å². The quantitative estimate of drug-likeness (QED) is 0.441. The number of piperidine rings is 1. The van der Waals surface area contributed by atoms with E-state index in [2.05, 4.69) is 25.7 Å². The maximum Gasteiger partial charge on any atom is 0.244 e. The molecule has 0 amide bonds. The van der Waals surface area contributed by atoms with Gasteiger partial charge in [-0.2, -0.15) is 4.98 Å². The number of aromatic nitrogens is 6. The van der Waals surface area contributed by atoms with Crippen LogP contribution in [-0.2, 0) is 6.54 Å². The molecule has 1 fully saturated rings. The number of anilines is 1. The van der Waals surface area contributed by atoms with E-state index in [1.54, 1.807) is 22.9 Å². The first-order valence-corrected chi connectivity index (χ1v) is 11.1. The first-order valence-electron chi connectivity index (χ1n) is 11.1. The minimum Gasteiger partial charge on any atom is -0.479 e. The zero-order valence-corrected chi connectivity index (χ0v) is 18.9. The lowest BCUT2D eigenvalue weighted by Crippen LogP contribution is -2.46. The molecule has 0 bridgehead atoms. The Morgan fingerprint density at radius 1 is 1.29 bits per heavy atom. The summed E-state index contributed by atoms with van der Waals surface area (Å²) >= 11 is 0. The predicted octanol–water partition coefficient (Wildman–Crippen LogP) is 3.10. The summed E-state index contributed by atoms with van der Waals surface area (Å²) < 4.78 is 50.8. The van der Waals surface area contributed by atoms with Crippen LogP contribution in [0.4, 0.5) is 19.1 Å². The molecule has 0 saturated carbocycles. The van der Waals surface area contributed by atoms with Crippen molar-refractivity contribution >= 4 is 22.5 Å². The first-order chi connectivity index (χ1) is 16.5. The van der Waals surface area contributed by atoms with Gasteiger partial charge in [0, 0.05) is 19.6 Å². The molecule has 0 radical (unpaired) electrons. The summed E-state index contributed by atoms with van der Waals surface area (Å²) in [6.07, 6.45) is 1.06. The lowest BCUT2D eigenvalue weighted by molar-refractivity contribution is 0.149. The number of ether oxygens (including phenoxy) is 1. The number of methoxy groups -OCH3 is 1. The zero-order chi connectivity index (χ0) is 23.8. The van der Waals surface area contributed by atoms with E-state index >= 15 is 4.39 Å². The van der Waals surface area contributed by atoms with Crippen LogP contribution in [0.25, 0.3) is 27.7 Å². The Morgan fingerprint density at radius 3 is 2.91 bits per heavy atom. The number of benzene rings is 1. The maximum absolute atomic E-state index is 15.2. The molecule has 0 unspecified atom stereocenters. The number of alkyl halides is 2. The molecule has 3 aromatic heterocycles. The van der Waals surface area contributed by atoms with Crippen LogP contribution in [0.1, 0.15) is 12.8 Å².